The molecule has 1 aliphatic carbocycles. The highest BCUT2D eigenvalue weighted by atomic mass is 32.2. The molecule has 0 N–H and O–H groups in total. The molecule has 0 amide bonds. The molecule has 0 bridgehead atoms. The molecule has 1 heterocycles. The standard InChI is InChI=1S/C23H26FNO3S/c1-17-22(2,19-12-13-19)29(26,27)16-23(25-17,20-10-6-7-11-21(20)24)15-28-14-18-8-4-3-5-9-18/h3-11,19H,12-16H2,1-2H3/t22?,23-/m0/s1. The average molecular weight is 416 g/mol. The molecular formula is C23H26FNO3S. The quantitative estimate of drug-likeness (QED) is 0.707. The van der Waals surface area contributed by atoms with Crippen molar-refractivity contribution < 1.29 is 17.5 Å². The van der Waals surface area contributed by atoms with Crippen LogP contribution in [-0.4, -0.2) is 31.2 Å². The molecule has 2 aromatic carbocycles. The number of rotatable bonds is 6. The van der Waals surface area contributed by atoms with Gasteiger partial charge in [0, 0.05) is 11.3 Å². The Hall–Kier alpha value is -2.05. The summed E-state index contributed by atoms with van der Waals surface area (Å²) in [5.74, 6) is -0.613. The molecule has 29 heavy (non-hydrogen) atoms. The van der Waals surface area contributed by atoms with Crippen LogP contribution in [0.15, 0.2) is 59.6 Å². The smallest absolute Gasteiger partial charge is 0.164 e. The minimum Gasteiger partial charge on any atom is -0.374 e. The molecule has 1 saturated carbocycles. The van der Waals surface area contributed by atoms with Crippen LogP contribution < -0.4 is 0 Å². The Labute approximate surface area is 171 Å². The maximum absolute atomic E-state index is 14.8. The Morgan fingerprint density at radius 1 is 1.10 bits per heavy atom. The molecule has 0 radical (unpaired) electrons. The lowest BCUT2D eigenvalue weighted by molar-refractivity contribution is 0.0780. The van der Waals surface area contributed by atoms with Gasteiger partial charge in [0.25, 0.3) is 0 Å². The largest absolute Gasteiger partial charge is 0.374 e. The van der Waals surface area contributed by atoms with E-state index in [0.717, 1.165) is 18.4 Å². The molecule has 4 rings (SSSR count). The van der Waals surface area contributed by atoms with Gasteiger partial charge in [-0.05, 0) is 44.2 Å². The van der Waals surface area contributed by atoms with Gasteiger partial charge in [-0.2, -0.15) is 0 Å². The highest BCUT2D eigenvalue weighted by Crippen LogP contribution is 2.50. The van der Waals surface area contributed by atoms with E-state index in [-0.39, 0.29) is 23.8 Å². The maximum atomic E-state index is 14.8. The lowest BCUT2D eigenvalue weighted by Crippen LogP contribution is -2.56. The first kappa shape index (κ1) is 20.2. The molecule has 4 nitrogen and oxygen atoms in total. The second-order valence-corrected chi connectivity index (χ2v) is 10.7. The van der Waals surface area contributed by atoms with E-state index in [1.165, 1.54) is 6.07 Å². The van der Waals surface area contributed by atoms with Crippen molar-refractivity contribution in [3.63, 3.8) is 0 Å². The molecule has 0 spiro atoms. The molecular weight excluding hydrogens is 389 g/mol. The number of hydrogen-bond acceptors (Lipinski definition) is 4. The summed E-state index contributed by atoms with van der Waals surface area (Å²) in [6.07, 6.45) is 1.78. The molecule has 154 valence electrons. The first-order chi connectivity index (χ1) is 13.8. The van der Waals surface area contributed by atoms with E-state index < -0.39 is 25.9 Å². The number of halogens is 1. The Bertz CT molecular complexity index is 1030. The summed E-state index contributed by atoms with van der Waals surface area (Å²) in [6, 6.07) is 15.9. The number of sulfone groups is 1. The third-order valence-corrected chi connectivity index (χ3v) is 9.14. The zero-order chi connectivity index (χ0) is 20.7. The van der Waals surface area contributed by atoms with E-state index in [0.29, 0.717) is 12.3 Å². The van der Waals surface area contributed by atoms with E-state index in [4.69, 9.17) is 9.73 Å². The topological polar surface area (TPSA) is 55.7 Å². The van der Waals surface area contributed by atoms with Gasteiger partial charge in [-0.3, -0.25) is 4.99 Å². The minimum absolute atomic E-state index is 0.000143. The fourth-order valence-electron chi connectivity index (χ4n) is 4.38. The Morgan fingerprint density at radius 2 is 1.76 bits per heavy atom. The summed E-state index contributed by atoms with van der Waals surface area (Å²) in [4.78, 5) is 4.86. The van der Waals surface area contributed by atoms with Crippen LogP contribution in [0, 0.1) is 11.7 Å². The number of aliphatic imine (C=N–C) groups is 1. The van der Waals surface area contributed by atoms with Crippen LogP contribution >= 0.6 is 0 Å². The van der Waals surface area contributed by atoms with E-state index >= 15 is 0 Å². The van der Waals surface area contributed by atoms with Gasteiger partial charge < -0.3 is 4.74 Å². The van der Waals surface area contributed by atoms with Crippen LogP contribution in [0.3, 0.4) is 0 Å². The third-order valence-electron chi connectivity index (χ3n) is 6.36. The van der Waals surface area contributed by atoms with Gasteiger partial charge in [-0.1, -0.05) is 48.5 Å². The SMILES string of the molecule is CC1=N[C@](COCc2ccccc2)(c2ccccc2F)CS(=O)(=O)C1(C)C1CC1. The normalized spacial score (nSPS) is 28.7. The van der Waals surface area contributed by atoms with E-state index in [2.05, 4.69) is 0 Å². The zero-order valence-electron chi connectivity index (χ0n) is 16.8. The first-order valence-corrected chi connectivity index (χ1v) is 11.6. The summed E-state index contributed by atoms with van der Waals surface area (Å²) in [5.41, 5.74) is 0.516. The Kier molecular flexibility index (Phi) is 5.11. The van der Waals surface area contributed by atoms with Gasteiger partial charge in [0.2, 0.25) is 0 Å². The second-order valence-electron chi connectivity index (χ2n) is 8.33. The average Bonchev–Trinajstić information content (AvgIpc) is 3.52. The van der Waals surface area contributed by atoms with Gasteiger partial charge in [0.15, 0.2) is 9.84 Å². The maximum Gasteiger partial charge on any atom is 0.164 e. The first-order valence-electron chi connectivity index (χ1n) is 9.94. The number of benzene rings is 2. The Balaban J connectivity index is 1.74. The van der Waals surface area contributed by atoms with Gasteiger partial charge in [-0.25, -0.2) is 12.8 Å². The van der Waals surface area contributed by atoms with Crippen LogP contribution in [0.2, 0.25) is 0 Å². The van der Waals surface area contributed by atoms with E-state index in [1.54, 1.807) is 32.0 Å². The molecule has 1 unspecified atom stereocenters. The highest BCUT2D eigenvalue weighted by Gasteiger charge is 2.59. The summed E-state index contributed by atoms with van der Waals surface area (Å²) in [7, 11) is -3.55. The third kappa shape index (κ3) is 3.53. The number of nitrogens with zero attached hydrogens (tertiary/aromatic N) is 1. The van der Waals surface area contributed by atoms with Crippen molar-refractivity contribution in [2.45, 2.75) is 43.6 Å². The molecule has 0 saturated heterocycles. The van der Waals surface area contributed by atoms with Crippen molar-refractivity contribution >= 4 is 15.5 Å². The molecule has 6 heteroatoms. The lowest BCUT2D eigenvalue weighted by atomic mass is 9.90. The van der Waals surface area contributed by atoms with Crippen molar-refractivity contribution in [3.8, 4) is 0 Å². The van der Waals surface area contributed by atoms with Crippen LogP contribution in [0.4, 0.5) is 4.39 Å². The number of ether oxygens (including phenoxy) is 1. The van der Waals surface area contributed by atoms with Crippen molar-refractivity contribution in [1.82, 2.24) is 0 Å². The lowest BCUT2D eigenvalue weighted by Gasteiger charge is -2.42. The molecule has 1 aliphatic heterocycles. The summed E-state index contributed by atoms with van der Waals surface area (Å²) < 4.78 is 46.7. The van der Waals surface area contributed by atoms with Gasteiger partial charge >= 0.3 is 0 Å². The second kappa shape index (κ2) is 7.33. The van der Waals surface area contributed by atoms with Gasteiger partial charge in [-0.15, -0.1) is 0 Å². The van der Waals surface area contributed by atoms with Crippen molar-refractivity contribution in [2.75, 3.05) is 12.4 Å². The van der Waals surface area contributed by atoms with E-state index in [9.17, 15) is 12.8 Å². The molecule has 0 aromatic heterocycles. The summed E-state index contributed by atoms with van der Waals surface area (Å²) >= 11 is 0. The fourth-order valence-corrected chi connectivity index (χ4v) is 6.85. The summed E-state index contributed by atoms with van der Waals surface area (Å²) in [6.45, 7) is 3.85. The van der Waals surface area contributed by atoms with Crippen LogP contribution in [-0.2, 0) is 26.7 Å². The number of hydrogen-bond donors (Lipinski definition) is 0. The van der Waals surface area contributed by atoms with Gasteiger partial charge in [0.05, 0.1) is 19.0 Å². The molecule has 2 aromatic rings. The predicted octanol–water partition coefficient (Wildman–Crippen LogP) is 4.30. The zero-order valence-corrected chi connectivity index (χ0v) is 17.6. The van der Waals surface area contributed by atoms with Crippen molar-refractivity contribution in [1.29, 1.82) is 0 Å². The van der Waals surface area contributed by atoms with Crippen LogP contribution in [0.1, 0.15) is 37.8 Å². The monoisotopic (exact) mass is 415 g/mol. The predicted molar refractivity (Wildman–Crippen MR) is 112 cm³/mol. The summed E-state index contributed by atoms with van der Waals surface area (Å²) in [5, 5.41) is 0. The highest BCUT2D eigenvalue weighted by molar-refractivity contribution is 7.93. The van der Waals surface area contributed by atoms with Gasteiger partial charge in [0.1, 0.15) is 16.1 Å². The molecule has 2 aliphatic rings. The van der Waals surface area contributed by atoms with Crippen LogP contribution in [0.25, 0.3) is 0 Å². The van der Waals surface area contributed by atoms with E-state index in [1.807, 2.05) is 30.3 Å². The van der Waals surface area contributed by atoms with Crippen molar-refractivity contribution in [3.05, 3.63) is 71.5 Å². The Morgan fingerprint density at radius 3 is 2.38 bits per heavy atom. The fraction of sp³-hybridized carbons (Fsp3) is 0.435. The molecule has 1 fully saturated rings. The molecule has 2 atom stereocenters. The van der Waals surface area contributed by atoms with Crippen molar-refractivity contribution in [2.24, 2.45) is 10.9 Å². The minimum atomic E-state index is -3.55. The van der Waals surface area contributed by atoms with Crippen LogP contribution in [0.5, 0.6) is 0 Å².